The summed E-state index contributed by atoms with van der Waals surface area (Å²) in [7, 11) is 0. The van der Waals surface area contributed by atoms with Crippen LogP contribution in [0.4, 0.5) is 5.13 Å². The van der Waals surface area contributed by atoms with Crippen molar-refractivity contribution in [1.82, 2.24) is 9.36 Å². The molecule has 1 aliphatic rings. The largest absolute Gasteiger partial charge is 0.467 e. The van der Waals surface area contributed by atoms with Gasteiger partial charge in [0.05, 0.1) is 6.26 Å². The Hall–Kier alpha value is -1.40. The summed E-state index contributed by atoms with van der Waals surface area (Å²) in [6.07, 6.45) is 4.81. The molecule has 1 saturated heterocycles. The van der Waals surface area contributed by atoms with Gasteiger partial charge in [0.2, 0.25) is 5.13 Å². The van der Waals surface area contributed by atoms with Crippen LogP contribution in [-0.2, 0) is 6.42 Å². The van der Waals surface area contributed by atoms with Crippen molar-refractivity contribution >= 4 is 16.7 Å². The number of aryl methyl sites for hydroxylation is 1. The number of nitrogens with zero attached hydrogens (tertiary/aromatic N) is 3. The number of aliphatic hydroxyl groups is 1. The zero-order valence-corrected chi connectivity index (χ0v) is 12.3. The Morgan fingerprint density at radius 3 is 3.20 bits per heavy atom. The van der Waals surface area contributed by atoms with E-state index in [1.807, 2.05) is 12.1 Å². The lowest BCUT2D eigenvalue weighted by Crippen LogP contribution is -2.30. The minimum absolute atomic E-state index is 0.313. The van der Waals surface area contributed by atoms with Gasteiger partial charge in [-0.3, -0.25) is 0 Å². The van der Waals surface area contributed by atoms with Crippen molar-refractivity contribution in [3.8, 4) is 0 Å². The summed E-state index contributed by atoms with van der Waals surface area (Å²) in [5.41, 5.74) is 0. The lowest BCUT2D eigenvalue weighted by Gasteiger charge is -2.25. The van der Waals surface area contributed by atoms with Gasteiger partial charge in [0.25, 0.3) is 0 Å². The number of rotatable bonds is 5. The normalized spacial score (nSPS) is 20.5. The minimum Gasteiger partial charge on any atom is -0.467 e. The summed E-state index contributed by atoms with van der Waals surface area (Å²) >= 11 is 1.46. The van der Waals surface area contributed by atoms with Gasteiger partial charge in [0.1, 0.15) is 17.7 Å². The van der Waals surface area contributed by atoms with E-state index in [9.17, 15) is 5.11 Å². The SMILES string of the molecule is CCc1nsc(N2CCCC2CC(O)c2ccco2)n1. The Labute approximate surface area is 122 Å². The van der Waals surface area contributed by atoms with E-state index in [-0.39, 0.29) is 0 Å². The summed E-state index contributed by atoms with van der Waals surface area (Å²) in [4.78, 5) is 6.84. The molecule has 0 radical (unpaired) electrons. The smallest absolute Gasteiger partial charge is 0.205 e. The molecule has 2 aromatic rings. The molecule has 0 aliphatic carbocycles. The Morgan fingerprint density at radius 1 is 1.60 bits per heavy atom. The third-order valence-electron chi connectivity index (χ3n) is 3.76. The number of aromatic nitrogens is 2. The van der Waals surface area contributed by atoms with Gasteiger partial charge < -0.3 is 14.4 Å². The average molecular weight is 293 g/mol. The summed E-state index contributed by atoms with van der Waals surface area (Å²) in [6, 6.07) is 3.95. The first kappa shape index (κ1) is 13.6. The second kappa shape index (κ2) is 5.93. The maximum atomic E-state index is 10.2. The van der Waals surface area contributed by atoms with Crippen molar-refractivity contribution in [2.45, 2.75) is 44.8 Å². The molecular weight excluding hydrogens is 274 g/mol. The second-order valence-corrected chi connectivity index (χ2v) is 5.83. The third-order valence-corrected chi connectivity index (χ3v) is 4.55. The molecule has 3 heterocycles. The standard InChI is InChI=1S/C14H19N3O2S/c1-2-13-15-14(20-16-13)17-7-3-5-10(17)9-11(18)12-6-4-8-19-12/h4,6,8,10-11,18H,2-3,5,7,9H2,1H3. The zero-order chi connectivity index (χ0) is 13.9. The predicted octanol–water partition coefficient (Wildman–Crippen LogP) is 2.79. The van der Waals surface area contributed by atoms with Gasteiger partial charge in [-0.05, 0) is 25.0 Å². The van der Waals surface area contributed by atoms with Gasteiger partial charge in [0, 0.05) is 37.0 Å². The molecule has 1 aliphatic heterocycles. The molecule has 0 aromatic carbocycles. The Bertz CT molecular complexity index is 540. The molecule has 1 N–H and O–H groups in total. The number of anilines is 1. The first-order valence-electron chi connectivity index (χ1n) is 7.08. The molecule has 0 spiro atoms. The van der Waals surface area contributed by atoms with Crippen LogP contribution in [0.3, 0.4) is 0 Å². The van der Waals surface area contributed by atoms with Gasteiger partial charge in [-0.2, -0.15) is 4.37 Å². The fourth-order valence-electron chi connectivity index (χ4n) is 2.69. The van der Waals surface area contributed by atoms with Crippen LogP contribution in [0.5, 0.6) is 0 Å². The van der Waals surface area contributed by atoms with Crippen LogP contribution in [0.25, 0.3) is 0 Å². The number of hydrogen-bond acceptors (Lipinski definition) is 6. The van der Waals surface area contributed by atoms with Crippen LogP contribution >= 0.6 is 11.5 Å². The molecule has 20 heavy (non-hydrogen) atoms. The zero-order valence-electron chi connectivity index (χ0n) is 11.5. The minimum atomic E-state index is -0.547. The Morgan fingerprint density at radius 2 is 2.50 bits per heavy atom. The molecule has 2 atom stereocenters. The highest BCUT2D eigenvalue weighted by molar-refractivity contribution is 7.09. The molecular formula is C14H19N3O2S. The van der Waals surface area contributed by atoms with E-state index in [0.717, 1.165) is 36.8 Å². The van der Waals surface area contributed by atoms with Crippen molar-refractivity contribution in [3.63, 3.8) is 0 Å². The number of aliphatic hydroxyl groups excluding tert-OH is 1. The highest BCUT2D eigenvalue weighted by Gasteiger charge is 2.30. The molecule has 0 saturated carbocycles. The molecule has 0 amide bonds. The number of furan rings is 1. The van der Waals surface area contributed by atoms with Crippen LogP contribution in [0.15, 0.2) is 22.8 Å². The van der Waals surface area contributed by atoms with Crippen molar-refractivity contribution < 1.29 is 9.52 Å². The molecule has 1 fully saturated rings. The predicted molar refractivity (Wildman–Crippen MR) is 77.9 cm³/mol. The van der Waals surface area contributed by atoms with E-state index in [4.69, 9.17) is 4.42 Å². The highest BCUT2D eigenvalue weighted by atomic mass is 32.1. The lowest BCUT2D eigenvalue weighted by atomic mass is 10.1. The van der Waals surface area contributed by atoms with Crippen LogP contribution < -0.4 is 4.90 Å². The first-order valence-corrected chi connectivity index (χ1v) is 7.86. The fourth-order valence-corrected chi connectivity index (χ4v) is 3.54. The summed E-state index contributed by atoms with van der Waals surface area (Å²) in [5, 5.41) is 11.2. The van der Waals surface area contributed by atoms with E-state index in [1.165, 1.54) is 11.5 Å². The number of hydrogen-bond donors (Lipinski definition) is 1. The quantitative estimate of drug-likeness (QED) is 0.918. The fraction of sp³-hybridized carbons (Fsp3) is 0.571. The molecule has 108 valence electrons. The van der Waals surface area contributed by atoms with Crippen LogP contribution in [0.1, 0.15) is 43.9 Å². The first-order chi connectivity index (χ1) is 9.78. The van der Waals surface area contributed by atoms with Crippen molar-refractivity contribution in [2.75, 3.05) is 11.4 Å². The van der Waals surface area contributed by atoms with Crippen molar-refractivity contribution in [1.29, 1.82) is 0 Å². The average Bonchev–Trinajstić information content (AvgIpc) is 3.19. The maximum Gasteiger partial charge on any atom is 0.205 e. The Kier molecular flexibility index (Phi) is 4.03. The topological polar surface area (TPSA) is 62.4 Å². The van der Waals surface area contributed by atoms with E-state index in [2.05, 4.69) is 21.2 Å². The summed E-state index contributed by atoms with van der Waals surface area (Å²) in [6.45, 7) is 3.06. The van der Waals surface area contributed by atoms with E-state index < -0.39 is 6.10 Å². The second-order valence-electron chi connectivity index (χ2n) is 5.10. The van der Waals surface area contributed by atoms with Crippen LogP contribution in [0.2, 0.25) is 0 Å². The molecule has 6 heteroatoms. The van der Waals surface area contributed by atoms with Crippen molar-refractivity contribution in [3.05, 3.63) is 30.0 Å². The van der Waals surface area contributed by atoms with Crippen LogP contribution in [0, 0.1) is 0 Å². The molecule has 5 nitrogen and oxygen atoms in total. The van der Waals surface area contributed by atoms with Gasteiger partial charge in [0.15, 0.2) is 0 Å². The molecule has 2 aromatic heterocycles. The summed E-state index contributed by atoms with van der Waals surface area (Å²) < 4.78 is 9.62. The molecule has 0 bridgehead atoms. The monoisotopic (exact) mass is 293 g/mol. The van der Waals surface area contributed by atoms with Crippen LogP contribution in [-0.4, -0.2) is 27.1 Å². The molecule has 2 unspecified atom stereocenters. The van der Waals surface area contributed by atoms with Gasteiger partial charge >= 0.3 is 0 Å². The van der Waals surface area contributed by atoms with Crippen molar-refractivity contribution in [2.24, 2.45) is 0 Å². The van der Waals surface area contributed by atoms with E-state index >= 15 is 0 Å². The Balaban J connectivity index is 1.69. The van der Waals surface area contributed by atoms with E-state index in [1.54, 1.807) is 6.26 Å². The van der Waals surface area contributed by atoms with Gasteiger partial charge in [-0.1, -0.05) is 6.92 Å². The maximum absolute atomic E-state index is 10.2. The van der Waals surface area contributed by atoms with Gasteiger partial charge in [-0.25, -0.2) is 4.98 Å². The van der Waals surface area contributed by atoms with E-state index in [0.29, 0.717) is 18.2 Å². The molecule has 3 rings (SSSR count). The lowest BCUT2D eigenvalue weighted by molar-refractivity contribution is 0.132. The van der Waals surface area contributed by atoms with Gasteiger partial charge in [-0.15, -0.1) is 0 Å². The highest BCUT2D eigenvalue weighted by Crippen LogP contribution is 2.32. The third kappa shape index (κ3) is 2.71. The summed E-state index contributed by atoms with van der Waals surface area (Å²) in [5.74, 6) is 1.55.